The minimum absolute atomic E-state index is 0.0445. The number of rotatable bonds is 2. The maximum atomic E-state index is 14.2. The molecule has 0 heterocycles. The second kappa shape index (κ2) is 5.16. The van der Waals surface area contributed by atoms with Crippen LogP contribution in [0, 0.1) is 17.1 Å². The lowest BCUT2D eigenvalue weighted by Gasteiger charge is -2.25. The molecule has 4 rings (SSSR count). The third-order valence-electron chi connectivity index (χ3n) is 4.76. The highest BCUT2D eigenvalue weighted by molar-refractivity contribution is 5.58. The lowest BCUT2D eigenvalue weighted by molar-refractivity contribution is -0.220. The van der Waals surface area contributed by atoms with E-state index < -0.39 is 47.3 Å². The first kappa shape index (κ1) is 16.8. The van der Waals surface area contributed by atoms with Crippen molar-refractivity contribution in [3.8, 4) is 17.6 Å². The van der Waals surface area contributed by atoms with E-state index in [-0.39, 0.29) is 22.6 Å². The highest BCUT2D eigenvalue weighted by Gasteiger charge is 2.72. The van der Waals surface area contributed by atoms with Crippen molar-refractivity contribution in [2.45, 2.75) is 30.4 Å². The summed E-state index contributed by atoms with van der Waals surface area (Å²) in [7, 11) is 0. The van der Waals surface area contributed by atoms with Gasteiger partial charge < -0.3 is 4.74 Å². The van der Waals surface area contributed by atoms with Crippen molar-refractivity contribution in [1.29, 1.82) is 5.26 Å². The molecule has 0 saturated heterocycles. The fourth-order valence-electron chi connectivity index (χ4n) is 3.67. The van der Waals surface area contributed by atoms with Gasteiger partial charge in [0, 0.05) is 23.6 Å². The van der Waals surface area contributed by atoms with Crippen LogP contribution in [0.5, 0.6) is 11.5 Å². The van der Waals surface area contributed by atoms with Gasteiger partial charge in [-0.15, -0.1) is 0 Å². The van der Waals surface area contributed by atoms with Crippen molar-refractivity contribution in [1.82, 2.24) is 0 Å². The van der Waals surface area contributed by atoms with E-state index >= 15 is 0 Å². The molecule has 2 atom stereocenters. The number of hydrogen-bond acceptors (Lipinski definition) is 2. The molecule has 0 N–H and O–H groups in total. The Labute approximate surface area is 143 Å². The Morgan fingerprint density at radius 3 is 2.54 bits per heavy atom. The molecule has 0 amide bonds. The van der Waals surface area contributed by atoms with Gasteiger partial charge in [-0.1, -0.05) is 0 Å². The zero-order chi connectivity index (χ0) is 18.9. The minimum Gasteiger partial charge on any atom is -0.457 e. The Balaban J connectivity index is 1.82. The molecule has 0 spiro atoms. The fourth-order valence-corrected chi connectivity index (χ4v) is 3.67. The number of benzene rings is 2. The molecular weight excluding hydrogens is 360 g/mol. The molecule has 2 aromatic carbocycles. The van der Waals surface area contributed by atoms with Crippen molar-refractivity contribution in [2.75, 3.05) is 0 Å². The Hall–Kier alpha value is -2.69. The van der Waals surface area contributed by atoms with Crippen molar-refractivity contribution in [3.63, 3.8) is 0 Å². The summed E-state index contributed by atoms with van der Waals surface area (Å²) in [4.78, 5) is 0. The Kier molecular flexibility index (Phi) is 3.33. The van der Waals surface area contributed by atoms with Gasteiger partial charge in [-0.05, 0) is 29.8 Å². The van der Waals surface area contributed by atoms with Gasteiger partial charge in [-0.3, -0.25) is 0 Å². The number of nitrogens with zero attached hydrogens (tertiary/aromatic N) is 1. The number of hydrogen-bond donors (Lipinski definition) is 0. The van der Waals surface area contributed by atoms with Crippen LogP contribution in [0.4, 0.5) is 26.3 Å². The zero-order valence-electron chi connectivity index (χ0n) is 12.9. The van der Waals surface area contributed by atoms with Gasteiger partial charge in [0.05, 0.1) is 17.6 Å². The topological polar surface area (TPSA) is 33.0 Å². The van der Waals surface area contributed by atoms with Crippen molar-refractivity contribution in [2.24, 2.45) is 0 Å². The zero-order valence-corrected chi connectivity index (χ0v) is 12.9. The first-order valence-corrected chi connectivity index (χ1v) is 7.61. The molecule has 0 aliphatic heterocycles. The van der Waals surface area contributed by atoms with E-state index in [9.17, 15) is 26.3 Å². The fraction of sp³-hybridized carbons (Fsp3) is 0.278. The van der Waals surface area contributed by atoms with Crippen LogP contribution in [0.1, 0.15) is 28.2 Å². The SMILES string of the molecule is N#Cc1cc(F)cc(Oc2ccc3c4c2CC(F)C4C(F)(F)C3(F)F)c1. The number of halogens is 6. The smallest absolute Gasteiger partial charge is 0.336 e. The standard InChI is InChI=1S/C18H9F6NO/c19-9-3-8(7-25)4-10(5-9)26-14-2-1-12-15-11(14)6-13(20)16(15)18(23,24)17(12,21)22/h1-5,13,16H,6H2. The third-order valence-corrected chi connectivity index (χ3v) is 4.76. The summed E-state index contributed by atoms with van der Waals surface area (Å²) in [5.41, 5.74) is -1.48. The molecule has 2 aliphatic rings. The van der Waals surface area contributed by atoms with E-state index in [1.54, 1.807) is 6.07 Å². The first-order valence-electron chi connectivity index (χ1n) is 7.61. The van der Waals surface area contributed by atoms with Crippen LogP contribution >= 0.6 is 0 Å². The van der Waals surface area contributed by atoms with Gasteiger partial charge in [0.25, 0.3) is 0 Å². The van der Waals surface area contributed by atoms with Crippen LogP contribution < -0.4 is 4.74 Å². The van der Waals surface area contributed by atoms with Crippen molar-refractivity contribution in [3.05, 3.63) is 58.4 Å². The van der Waals surface area contributed by atoms with Gasteiger partial charge in [-0.25, -0.2) is 8.78 Å². The lowest BCUT2D eigenvalue weighted by atomic mass is 9.99. The molecule has 2 aliphatic carbocycles. The van der Waals surface area contributed by atoms with Crippen LogP contribution in [-0.2, 0) is 12.3 Å². The van der Waals surface area contributed by atoms with E-state index in [1.807, 2.05) is 0 Å². The summed E-state index contributed by atoms with van der Waals surface area (Å²) in [6.45, 7) is 0. The summed E-state index contributed by atoms with van der Waals surface area (Å²) in [6.07, 6.45) is -2.69. The minimum atomic E-state index is -4.54. The molecule has 0 radical (unpaired) electrons. The van der Waals surface area contributed by atoms with Gasteiger partial charge in [0.2, 0.25) is 0 Å². The maximum Gasteiger partial charge on any atom is 0.336 e. The summed E-state index contributed by atoms with van der Waals surface area (Å²) in [6, 6.07) is 6.65. The predicted octanol–water partition coefficient (Wildman–Crippen LogP) is 5.21. The molecular formula is C18H9F6NO. The van der Waals surface area contributed by atoms with Gasteiger partial charge in [-0.2, -0.15) is 22.8 Å². The predicted molar refractivity (Wildman–Crippen MR) is 77.8 cm³/mol. The average molecular weight is 369 g/mol. The summed E-state index contributed by atoms with van der Waals surface area (Å²) >= 11 is 0. The molecule has 0 bridgehead atoms. The van der Waals surface area contributed by atoms with Crippen LogP contribution in [0.25, 0.3) is 0 Å². The maximum absolute atomic E-state index is 14.2. The van der Waals surface area contributed by atoms with E-state index in [4.69, 9.17) is 10.00 Å². The molecule has 8 heteroatoms. The van der Waals surface area contributed by atoms with Gasteiger partial charge in [0.15, 0.2) is 0 Å². The van der Waals surface area contributed by atoms with E-state index in [0.29, 0.717) is 0 Å². The molecule has 26 heavy (non-hydrogen) atoms. The van der Waals surface area contributed by atoms with Gasteiger partial charge in [0.1, 0.15) is 23.5 Å². The van der Waals surface area contributed by atoms with Crippen molar-refractivity contribution >= 4 is 0 Å². The van der Waals surface area contributed by atoms with Crippen LogP contribution in [-0.4, -0.2) is 12.1 Å². The van der Waals surface area contributed by atoms with E-state index in [0.717, 1.165) is 24.3 Å². The lowest BCUT2D eigenvalue weighted by Crippen LogP contribution is -2.39. The monoisotopic (exact) mass is 369 g/mol. The van der Waals surface area contributed by atoms with Crippen LogP contribution in [0.2, 0.25) is 0 Å². The summed E-state index contributed by atoms with van der Waals surface area (Å²) in [5, 5.41) is 8.85. The van der Waals surface area contributed by atoms with E-state index in [1.165, 1.54) is 6.07 Å². The third kappa shape index (κ3) is 2.06. The van der Waals surface area contributed by atoms with Crippen LogP contribution in [0.3, 0.4) is 0 Å². The highest BCUT2D eigenvalue weighted by atomic mass is 19.3. The first-order chi connectivity index (χ1) is 12.2. The Morgan fingerprint density at radius 1 is 1.12 bits per heavy atom. The quantitative estimate of drug-likeness (QED) is 0.681. The summed E-state index contributed by atoms with van der Waals surface area (Å²) in [5.74, 6) is -12.3. The molecule has 2 nitrogen and oxygen atoms in total. The molecule has 0 aromatic heterocycles. The molecule has 0 fully saturated rings. The Morgan fingerprint density at radius 2 is 1.85 bits per heavy atom. The molecule has 0 saturated carbocycles. The van der Waals surface area contributed by atoms with Crippen LogP contribution in [0.15, 0.2) is 30.3 Å². The average Bonchev–Trinajstić information content (AvgIpc) is 2.98. The van der Waals surface area contributed by atoms with Gasteiger partial charge >= 0.3 is 11.8 Å². The number of alkyl halides is 5. The molecule has 2 unspecified atom stereocenters. The van der Waals surface area contributed by atoms with Crippen molar-refractivity contribution < 1.29 is 31.1 Å². The Bertz CT molecular complexity index is 965. The largest absolute Gasteiger partial charge is 0.457 e. The normalized spacial score (nSPS) is 24.2. The number of nitriles is 1. The second-order valence-electron chi connectivity index (χ2n) is 6.29. The second-order valence-corrected chi connectivity index (χ2v) is 6.29. The molecule has 2 aromatic rings. The number of ether oxygens (including phenoxy) is 1. The molecule has 134 valence electrons. The summed E-state index contributed by atoms with van der Waals surface area (Å²) < 4.78 is 89.3. The highest BCUT2D eigenvalue weighted by Crippen LogP contribution is 2.64. The van der Waals surface area contributed by atoms with E-state index in [2.05, 4.69) is 0 Å².